The Bertz CT molecular complexity index is 487. The van der Waals surface area contributed by atoms with Crippen molar-refractivity contribution in [3.8, 4) is 5.69 Å². The molecule has 1 saturated carbocycles. The van der Waals surface area contributed by atoms with Crippen LogP contribution < -0.4 is 5.73 Å². The second-order valence-corrected chi connectivity index (χ2v) is 4.66. The van der Waals surface area contributed by atoms with Gasteiger partial charge < -0.3 is 5.73 Å². The van der Waals surface area contributed by atoms with E-state index in [0.717, 1.165) is 17.9 Å². The Kier molecular flexibility index (Phi) is 2.65. The van der Waals surface area contributed by atoms with Gasteiger partial charge in [-0.25, -0.2) is 0 Å². The first-order valence-corrected chi connectivity index (χ1v) is 6.04. The summed E-state index contributed by atoms with van der Waals surface area (Å²) in [7, 11) is 0. The van der Waals surface area contributed by atoms with Crippen molar-refractivity contribution in [2.24, 2.45) is 11.7 Å². The summed E-state index contributed by atoms with van der Waals surface area (Å²) in [6.07, 6.45) is 5.09. The number of benzene rings is 1. The van der Waals surface area contributed by atoms with Crippen LogP contribution in [-0.2, 0) is 6.42 Å². The Labute approximate surface area is 100 Å². The van der Waals surface area contributed by atoms with Gasteiger partial charge in [-0.2, -0.15) is 0 Å². The lowest BCUT2D eigenvalue weighted by molar-refractivity contribution is 0.569. The Morgan fingerprint density at radius 3 is 2.76 bits per heavy atom. The van der Waals surface area contributed by atoms with Crippen molar-refractivity contribution in [1.29, 1.82) is 0 Å². The lowest BCUT2D eigenvalue weighted by Crippen LogP contribution is -2.26. The van der Waals surface area contributed by atoms with Crippen LogP contribution in [0.1, 0.15) is 18.7 Å². The molecule has 0 saturated heterocycles. The minimum Gasteiger partial charge on any atom is -0.327 e. The summed E-state index contributed by atoms with van der Waals surface area (Å²) in [4.78, 5) is 0. The number of nitrogens with zero attached hydrogens (tertiary/aromatic N) is 3. The van der Waals surface area contributed by atoms with E-state index in [0.29, 0.717) is 5.92 Å². The molecule has 3 rings (SSSR count). The van der Waals surface area contributed by atoms with Crippen LogP contribution in [0, 0.1) is 5.92 Å². The predicted molar refractivity (Wildman–Crippen MR) is 65.8 cm³/mol. The van der Waals surface area contributed by atoms with Crippen LogP contribution in [-0.4, -0.2) is 20.8 Å². The van der Waals surface area contributed by atoms with Crippen molar-refractivity contribution in [3.63, 3.8) is 0 Å². The molecular formula is C13H16N4. The second kappa shape index (κ2) is 4.30. The molecule has 1 atom stereocenters. The lowest BCUT2D eigenvalue weighted by atomic mass is 10.1. The molecule has 1 aromatic carbocycles. The van der Waals surface area contributed by atoms with Gasteiger partial charge in [0.1, 0.15) is 12.2 Å². The maximum Gasteiger partial charge on any atom is 0.138 e. The van der Waals surface area contributed by atoms with Crippen molar-refractivity contribution < 1.29 is 0 Å². The topological polar surface area (TPSA) is 56.7 Å². The first kappa shape index (κ1) is 10.5. The minimum absolute atomic E-state index is 0.224. The van der Waals surface area contributed by atoms with Gasteiger partial charge in [0.25, 0.3) is 0 Å². The van der Waals surface area contributed by atoms with E-state index in [-0.39, 0.29) is 6.04 Å². The molecule has 4 heteroatoms. The third-order valence-corrected chi connectivity index (χ3v) is 3.30. The molecule has 88 valence electrons. The Hall–Kier alpha value is -1.68. The van der Waals surface area contributed by atoms with E-state index in [4.69, 9.17) is 5.73 Å². The molecule has 17 heavy (non-hydrogen) atoms. The van der Waals surface area contributed by atoms with Gasteiger partial charge in [0, 0.05) is 18.2 Å². The zero-order valence-corrected chi connectivity index (χ0v) is 9.66. The Morgan fingerprint density at radius 2 is 2.06 bits per heavy atom. The standard InChI is InChI=1S/C13H16N4/c14-12(10-6-7-10)8-13-16-15-9-17(13)11-4-2-1-3-5-11/h1-5,9-10,12H,6-8,14H2. The highest BCUT2D eigenvalue weighted by molar-refractivity contribution is 5.32. The third kappa shape index (κ3) is 2.22. The zero-order chi connectivity index (χ0) is 11.7. The molecule has 4 nitrogen and oxygen atoms in total. The summed E-state index contributed by atoms with van der Waals surface area (Å²) in [6, 6.07) is 10.4. The average Bonchev–Trinajstić information content (AvgIpc) is 3.12. The summed E-state index contributed by atoms with van der Waals surface area (Å²) in [5.74, 6) is 1.64. The highest BCUT2D eigenvalue weighted by atomic mass is 15.3. The molecular weight excluding hydrogens is 212 g/mol. The molecule has 1 aliphatic rings. The van der Waals surface area contributed by atoms with Crippen LogP contribution in [0.4, 0.5) is 0 Å². The van der Waals surface area contributed by atoms with Gasteiger partial charge in [0.05, 0.1) is 0 Å². The fraction of sp³-hybridized carbons (Fsp3) is 0.385. The van der Waals surface area contributed by atoms with E-state index >= 15 is 0 Å². The summed E-state index contributed by atoms with van der Waals surface area (Å²) >= 11 is 0. The molecule has 1 fully saturated rings. The van der Waals surface area contributed by atoms with Gasteiger partial charge in [-0.05, 0) is 30.9 Å². The van der Waals surface area contributed by atoms with Crippen LogP contribution in [0.5, 0.6) is 0 Å². The van der Waals surface area contributed by atoms with Crippen LogP contribution in [0.15, 0.2) is 36.7 Å². The molecule has 0 aliphatic heterocycles. The van der Waals surface area contributed by atoms with Crippen LogP contribution in [0.25, 0.3) is 5.69 Å². The van der Waals surface area contributed by atoms with Gasteiger partial charge in [-0.3, -0.25) is 4.57 Å². The molecule has 1 heterocycles. The highest BCUT2D eigenvalue weighted by Gasteiger charge is 2.29. The maximum absolute atomic E-state index is 6.14. The predicted octanol–water partition coefficient (Wildman–Crippen LogP) is 1.55. The first-order chi connectivity index (χ1) is 8.34. The van der Waals surface area contributed by atoms with Gasteiger partial charge in [0.15, 0.2) is 0 Å². The third-order valence-electron chi connectivity index (χ3n) is 3.30. The number of hydrogen-bond acceptors (Lipinski definition) is 3. The molecule has 0 amide bonds. The maximum atomic E-state index is 6.14. The number of nitrogens with two attached hydrogens (primary N) is 1. The largest absolute Gasteiger partial charge is 0.327 e. The summed E-state index contributed by atoms with van der Waals surface area (Å²) in [5, 5.41) is 8.16. The summed E-state index contributed by atoms with van der Waals surface area (Å²) in [6.45, 7) is 0. The van der Waals surface area contributed by atoms with Gasteiger partial charge in [-0.15, -0.1) is 10.2 Å². The van der Waals surface area contributed by atoms with E-state index in [2.05, 4.69) is 22.3 Å². The minimum atomic E-state index is 0.224. The quantitative estimate of drug-likeness (QED) is 0.863. The summed E-state index contributed by atoms with van der Waals surface area (Å²) < 4.78 is 2.02. The Balaban J connectivity index is 1.83. The highest BCUT2D eigenvalue weighted by Crippen LogP contribution is 2.32. The second-order valence-electron chi connectivity index (χ2n) is 4.66. The number of hydrogen-bond donors (Lipinski definition) is 1. The monoisotopic (exact) mass is 228 g/mol. The number of para-hydroxylation sites is 1. The molecule has 1 unspecified atom stereocenters. The van der Waals surface area contributed by atoms with Gasteiger partial charge in [-0.1, -0.05) is 18.2 Å². The van der Waals surface area contributed by atoms with Crippen LogP contribution >= 0.6 is 0 Å². The van der Waals surface area contributed by atoms with E-state index in [1.165, 1.54) is 12.8 Å². The average molecular weight is 228 g/mol. The van der Waals surface area contributed by atoms with E-state index in [1.807, 2.05) is 22.8 Å². The van der Waals surface area contributed by atoms with Crippen LogP contribution in [0.3, 0.4) is 0 Å². The molecule has 2 aromatic rings. The fourth-order valence-corrected chi connectivity index (χ4v) is 2.10. The zero-order valence-electron chi connectivity index (χ0n) is 9.66. The SMILES string of the molecule is NC(Cc1nncn1-c1ccccc1)C1CC1. The van der Waals surface area contributed by atoms with Crippen LogP contribution in [0.2, 0.25) is 0 Å². The number of rotatable bonds is 4. The first-order valence-electron chi connectivity index (χ1n) is 6.04. The van der Waals surface area contributed by atoms with Crippen molar-refractivity contribution in [2.45, 2.75) is 25.3 Å². The molecule has 0 radical (unpaired) electrons. The van der Waals surface area contributed by atoms with Crippen molar-refractivity contribution in [3.05, 3.63) is 42.5 Å². The molecule has 1 aliphatic carbocycles. The smallest absolute Gasteiger partial charge is 0.138 e. The van der Waals surface area contributed by atoms with Crippen molar-refractivity contribution >= 4 is 0 Å². The molecule has 0 bridgehead atoms. The van der Waals surface area contributed by atoms with Gasteiger partial charge >= 0.3 is 0 Å². The molecule has 1 aromatic heterocycles. The van der Waals surface area contributed by atoms with E-state index < -0.39 is 0 Å². The van der Waals surface area contributed by atoms with E-state index in [9.17, 15) is 0 Å². The molecule has 0 spiro atoms. The van der Waals surface area contributed by atoms with E-state index in [1.54, 1.807) is 6.33 Å². The number of aromatic nitrogens is 3. The van der Waals surface area contributed by atoms with Gasteiger partial charge in [0.2, 0.25) is 0 Å². The normalized spacial score (nSPS) is 17.0. The van der Waals surface area contributed by atoms with Crippen molar-refractivity contribution in [2.75, 3.05) is 0 Å². The summed E-state index contributed by atoms with van der Waals surface area (Å²) in [5.41, 5.74) is 7.23. The van der Waals surface area contributed by atoms with Crippen molar-refractivity contribution in [1.82, 2.24) is 14.8 Å². The lowest BCUT2D eigenvalue weighted by Gasteiger charge is -2.11. The Morgan fingerprint density at radius 1 is 1.29 bits per heavy atom. The fourth-order valence-electron chi connectivity index (χ4n) is 2.10. The molecule has 2 N–H and O–H groups in total.